The average molecular weight is 620 g/mol. The molecule has 45 heavy (non-hydrogen) atoms. The van der Waals surface area contributed by atoms with Crippen LogP contribution >= 0.6 is 0 Å². The molecular weight excluding hydrogens is 580 g/mol. The van der Waals surface area contributed by atoms with Gasteiger partial charge < -0.3 is 25.4 Å². The Bertz CT molecular complexity index is 1560. The van der Waals surface area contributed by atoms with Gasteiger partial charge in [0.05, 0.1) is 29.3 Å². The van der Waals surface area contributed by atoms with Crippen LogP contribution in [-0.2, 0) is 6.54 Å². The lowest BCUT2D eigenvalue weighted by molar-refractivity contribution is 0.0196. The van der Waals surface area contributed by atoms with Gasteiger partial charge >= 0.3 is 0 Å². The van der Waals surface area contributed by atoms with E-state index in [-0.39, 0.29) is 12.1 Å². The molecule has 4 aromatic rings. The third-order valence-corrected chi connectivity index (χ3v) is 8.44. The number of aliphatic hydroxyl groups is 1. The number of nitrogens with one attached hydrogen (secondary N) is 2. The summed E-state index contributed by atoms with van der Waals surface area (Å²) < 4.78 is 32.9. The number of pyridine rings is 2. The molecule has 6 rings (SSSR count). The third-order valence-electron chi connectivity index (χ3n) is 8.44. The maximum absolute atomic E-state index is 12.8. The second kappa shape index (κ2) is 13.4. The maximum atomic E-state index is 12.8. The summed E-state index contributed by atoms with van der Waals surface area (Å²) in [5.41, 5.74) is 2.36. The van der Waals surface area contributed by atoms with E-state index in [2.05, 4.69) is 42.6 Å². The molecule has 1 aliphatic heterocycles. The first-order valence-corrected chi connectivity index (χ1v) is 15.4. The highest BCUT2D eigenvalue weighted by molar-refractivity contribution is 5.78. The molecule has 1 saturated carbocycles. The molecule has 0 aromatic carbocycles. The maximum Gasteiger partial charge on any atom is 0.257 e. The van der Waals surface area contributed by atoms with E-state index < -0.39 is 18.6 Å². The molecule has 0 bridgehead atoms. The van der Waals surface area contributed by atoms with Crippen molar-refractivity contribution in [3.63, 3.8) is 0 Å². The first-order chi connectivity index (χ1) is 21.7. The van der Waals surface area contributed by atoms with Crippen LogP contribution in [-0.4, -0.2) is 84.0 Å². The van der Waals surface area contributed by atoms with E-state index in [0.29, 0.717) is 23.0 Å². The van der Waals surface area contributed by atoms with Gasteiger partial charge in [-0.05, 0) is 70.7 Å². The monoisotopic (exact) mass is 619 g/mol. The van der Waals surface area contributed by atoms with Gasteiger partial charge in [-0.2, -0.15) is 5.10 Å². The molecule has 1 aliphatic carbocycles. The van der Waals surface area contributed by atoms with Crippen molar-refractivity contribution >= 4 is 17.3 Å². The van der Waals surface area contributed by atoms with E-state index in [1.807, 2.05) is 25.1 Å². The summed E-state index contributed by atoms with van der Waals surface area (Å²) in [5, 5.41) is 21.4. The van der Waals surface area contributed by atoms with Crippen molar-refractivity contribution in [1.29, 1.82) is 0 Å². The number of hydrogen-bond donors (Lipinski definition) is 3. The Balaban J connectivity index is 1.22. The van der Waals surface area contributed by atoms with Gasteiger partial charge in [-0.3, -0.25) is 9.67 Å². The Morgan fingerprint density at radius 1 is 1.02 bits per heavy atom. The Morgan fingerprint density at radius 3 is 2.56 bits per heavy atom. The molecule has 11 nitrogen and oxygen atoms in total. The van der Waals surface area contributed by atoms with Gasteiger partial charge in [-0.25, -0.2) is 23.7 Å². The molecule has 1 saturated heterocycles. The zero-order chi connectivity index (χ0) is 31.4. The number of likely N-dealkylation sites (tertiary alicyclic amines) is 1. The number of halogens is 2. The van der Waals surface area contributed by atoms with Crippen LogP contribution in [0.2, 0.25) is 0 Å². The molecule has 3 N–H and O–H groups in total. The second-order valence-electron chi connectivity index (χ2n) is 12.3. The molecule has 0 spiro atoms. The van der Waals surface area contributed by atoms with Gasteiger partial charge in [0.2, 0.25) is 0 Å². The van der Waals surface area contributed by atoms with Gasteiger partial charge in [0, 0.05) is 55.0 Å². The van der Waals surface area contributed by atoms with Crippen LogP contribution in [0, 0.1) is 0 Å². The van der Waals surface area contributed by atoms with Gasteiger partial charge in [-0.15, -0.1) is 0 Å². The molecule has 0 amide bonds. The molecule has 2 fully saturated rings. The summed E-state index contributed by atoms with van der Waals surface area (Å²) in [4.78, 5) is 20.5. The summed E-state index contributed by atoms with van der Waals surface area (Å²) in [6, 6.07) is 7.73. The largest absolute Gasteiger partial charge is 0.489 e. The molecule has 4 aromatic heterocycles. The molecule has 0 radical (unpaired) electrons. The van der Waals surface area contributed by atoms with Crippen molar-refractivity contribution in [2.75, 3.05) is 30.8 Å². The van der Waals surface area contributed by atoms with Crippen LogP contribution < -0.4 is 15.4 Å². The molecule has 5 heterocycles. The summed E-state index contributed by atoms with van der Waals surface area (Å²) in [7, 11) is 2.13. The predicted molar refractivity (Wildman–Crippen MR) is 168 cm³/mol. The number of rotatable bonds is 10. The van der Waals surface area contributed by atoms with E-state index in [1.165, 1.54) is 17.1 Å². The molecule has 0 atom stereocenters. The van der Waals surface area contributed by atoms with E-state index in [0.717, 1.165) is 74.3 Å². The highest BCUT2D eigenvalue weighted by atomic mass is 19.3. The molecule has 238 valence electrons. The number of anilines is 3. The van der Waals surface area contributed by atoms with Crippen molar-refractivity contribution in [1.82, 2.24) is 34.6 Å². The van der Waals surface area contributed by atoms with Crippen LogP contribution in [0.4, 0.5) is 26.1 Å². The lowest BCUT2D eigenvalue weighted by Gasteiger charge is -2.34. The number of nitrogens with zero attached hydrogens (tertiary/aromatic N) is 7. The summed E-state index contributed by atoms with van der Waals surface area (Å²) in [6.45, 7) is 3.44. The quantitative estimate of drug-likeness (QED) is 0.213. The summed E-state index contributed by atoms with van der Waals surface area (Å²) in [6.07, 6.45) is 10.9. The zero-order valence-corrected chi connectivity index (χ0v) is 25.5. The number of hydrogen-bond acceptors (Lipinski definition) is 10. The smallest absolute Gasteiger partial charge is 0.257 e. The van der Waals surface area contributed by atoms with Crippen LogP contribution in [0.1, 0.15) is 45.4 Å². The minimum Gasteiger partial charge on any atom is -0.489 e. The Labute approximate surface area is 261 Å². The van der Waals surface area contributed by atoms with Crippen molar-refractivity contribution in [3.8, 4) is 28.4 Å². The third kappa shape index (κ3) is 8.08. The molecule has 2 aliphatic rings. The average Bonchev–Trinajstić information content (AvgIpc) is 3.48. The first kappa shape index (κ1) is 30.8. The number of ether oxygens (including phenoxy) is 1. The van der Waals surface area contributed by atoms with Crippen molar-refractivity contribution in [2.45, 2.75) is 76.2 Å². The van der Waals surface area contributed by atoms with E-state index in [1.54, 1.807) is 24.7 Å². The van der Waals surface area contributed by atoms with Gasteiger partial charge in [0.15, 0.2) is 5.82 Å². The van der Waals surface area contributed by atoms with E-state index in [9.17, 15) is 13.9 Å². The first-order valence-electron chi connectivity index (χ1n) is 15.4. The molecule has 13 heteroatoms. The lowest BCUT2D eigenvalue weighted by atomic mass is 9.83. The van der Waals surface area contributed by atoms with Crippen molar-refractivity contribution < 1.29 is 18.6 Å². The van der Waals surface area contributed by atoms with Crippen molar-refractivity contribution in [2.24, 2.45) is 0 Å². The fourth-order valence-electron chi connectivity index (χ4n) is 5.77. The van der Waals surface area contributed by atoms with Crippen molar-refractivity contribution in [3.05, 3.63) is 55.2 Å². The van der Waals surface area contributed by atoms with Crippen LogP contribution in [0.5, 0.6) is 5.75 Å². The van der Waals surface area contributed by atoms with Gasteiger partial charge in [0.1, 0.15) is 30.0 Å². The summed E-state index contributed by atoms with van der Waals surface area (Å²) in [5.74, 6) is 2.17. The number of aromatic nitrogens is 6. The predicted octanol–water partition coefficient (Wildman–Crippen LogP) is 5.38. The van der Waals surface area contributed by atoms with Crippen LogP contribution in [0.15, 0.2) is 55.2 Å². The van der Waals surface area contributed by atoms with Gasteiger partial charge in [0.25, 0.3) is 6.43 Å². The number of piperidine rings is 1. The second-order valence-corrected chi connectivity index (χ2v) is 12.3. The Morgan fingerprint density at radius 2 is 1.82 bits per heavy atom. The van der Waals surface area contributed by atoms with Crippen LogP contribution in [0.25, 0.3) is 22.6 Å². The van der Waals surface area contributed by atoms with E-state index >= 15 is 0 Å². The van der Waals surface area contributed by atoms with Crippen LogP contribution in [0.3, 0.4) is 0 Å². The highest BCUT2D eigenvalue weighted by Crippen LogP contribution is 2.34. The normalized spacial score (nSPS) is 21.2. The zero-order valence-electron chi connectivity index (χ0n) is 25.5. The fourth-order valence-corrected chi connectivity index (χ4v) is 5.77. The Hall–Kier alpha value is -4.23. The van der Waals surface area contributed by atoms with Gasteiger partial charge in [-0.1, -0.05) is 0 Å². The number of alkyl halides is 2. The topological polar surface area (TPSA) is 126 Å². The minimum absolute atomic E-state index is 0.182. The summed E-state index contributed by atoms with van der Waals surface area (Å²) >= 11 is 0. The SMILES string of the molecule is CN1CCC(Oc2ccc(-c3cnc(Nc4ccnc(-c5cnn(CC(F)F)c5)n4)cc3NC3CCC(C)(O)CC3)nc2)CC1. The molecule has 0 unspecified atom stereocenters. The standard InChI is InChI=1S/C32H39F2N9O2/c1-32(44)10-5-22(6-11-32)39-27-15-30(40-29-7-12-35-31(41-29)21-16-38-43(19-21)20-28(33)34)37-18-25(27)26-4-3-24(17-36-26)45-23-8-13-42(2)14-9-23/h3-4,7,12,15-19,22-23,28,44H,5-6,8-11,13-14,20H2,1-2H3,(H2,35,37,39,40,41). The highest BCUT2D eigenvalue weighted by Gasteiger charge is 2.29. The fraction of sp³-hybridized carbons (Fsp3) is 0.469. The Kier molecular flexibility index (Phi) is 9.17. The lowest BCUT2D eigenvalue weighted by Crippen LogP contribution is -2.35. The van der Waals surface area contributed by atoms with E-state index in [4.69, 9.17) is 9.72 Å². The minimum atomic E-state index is -2.50. The molecular formula is C32H39F2N9O2.